The minimum absolute atomic E-state index is 0.0234. The summed E-state index contributed by atoms with van der Waals surface area (Å²) in [5.74, 6) is -0.779. The van der Waals surface area contributed by atoms with E-state index in [1.165, 1.54) is 37.8 Å². The van der Waals surface area contributed by atoms with Gasteiger partial charge in [-0.1, -0.05) is 80.3 Å². The zero-order valence-corrected chi connectivity index (χ0v) is 17.3. The SMILES string of the molecule is CCCCCCCCCOC(=O)CCC(=O)Oc1cc(Cl)c(Cl)c(Cl)c1. The van der Waals surface area contributed by atoms with E-state index < -0.39 is 11.9 Å². The first kappa shape index (κ1) is 23.1. The van der Waals surface area contributed by atoms with Gasteiger partial charge < -0.3 is 9.47 Å². The molecule has 0 bridgehead atoms. The molecule has 7 heteroatoms. The number of benzene rings is 1. The van der Waals surface area contributed by atoms with Crippen molar-refractivity contribution < 1.29 is 19.1 Å². The number of carbonyl (C=O) groups excluding carboxylic acids is 2. The molecule has 1 aromatic carbocycles. The Labute approximate surface area is 170 Å². The molecular weight excluding hydrogens is 399 g/mol. The third kappa shape index (κ3) is 9.65. The molecule has 0 saturated heterocycles. The molecule has 0 N–H and O–H groups in total. The number of esters is 2. The van der Waals surface area contributed by atoms with Crippen LogP contribution in [0.4, 0.5) is 0 Å². The molecular formula is C19H25Cl3O4. The molecule has 0 spiro atoms. The second-order valence-electron chi connectivity index (χ2n) is 6.02. The molecule has 0 aliphatic rings. The Morgan fingerprint density at radius 1 is 0.846 bits per heavy atom. The third-order valence-corrected chi connectivity index (χ3v) is 4.93. The smallest absolute Gasteiger partial charge is 0.311 e. The first-order valence-corrected chi connectivity index (χ1v) is 10.1. The molecule has 0 fully saturated rings. The van der Waals surface area contributed by atoms with Gasteiger partial charge in [0.05, 0.1) is 34.5 Å². The lowest BCUT2D eigenvalue weighted by Gasteiger charge is -2.07. The minimum Gasteiger partial charge on any atom is -0.466 e. The van der Waals surface area contributed by atoms with Crippen LogP contribution < -0.4 is 4.74 Å². The summed E-state index contributed by atoms with van der Waals surface area (Å²) in [7, 11) is 0. The lowest BCUT2D eigenvalue weighted by atomic mass is 10.1. The molecule has 0 radical (unpaired) electrons. The van der Waals surface area contributed by atoms with Crippen molar-refractivity contribution in [1.82, 2.24) is 0 Å². The lowest BCUT2D eigenvalue weighted by Crippen LogP contribution is -2.13. The molecule has 0 aliphatic carbocycles. The predicted octanol–water partition coefficient (Wildman–Crippen LogP) is 6.63. The van der Waals surface area contributed by atoms with E-state index in [9.17, 15) is 9.59 Å². The highest BCUT2D eigenvalue weighted by Gasteiger charge is 2.13. The lowest BCUT2D eigenvalue weighted by molar-refractivity contribution is -0.147. The van der Waals surface area contributed by atoms with Crippen LogP contribution in [0.2, 0.25) is 15.1 Å². The molecule has 4 nitrogen and oxygen atoms in total. The Kier molecular flexibility index (Phi) is 11.7. The van der Waals surface area contributed by atoms with Crippen molar-refractivity contribution in [3.63, 3.8) is 0 Å². The van der Waals surface area contributed by atoms with Crippen molar-refractivity contribution in [2.24, 2.45) is 0 Å². The molecule has 0 atom stereocenters. The van der Waals surface area contributed by atoms with Gasteiger partial charge >= 0.3 is 11.9 Å². The summed E-state index contributed by atoms with van der Waals surface area (Å²) in [4.78, 5) is 23.4. The summed E-state index contributed by atoms with van der Waals surface area (Å²) in [6.07, 6.45) is 7.97. The number of hydrogen-bond donors (Lipinski definition) is 0. The van der Waals surface area contributed by atoms with E-state index in [0.29, 0.717) is 6.61 Å². The summed E-state index contributed by atoms with van der Waals surface area (Å²) >= 11 is 17.6. The van der Waals surface area contributed by atoms with Crippen molar-refractivity contribution in [3.8, 4) is 5.75 Å². The number of unbranched alkanes of at least 4 members (excludes halogenated alkanes) is 6. The Bertz CT molecular complexity index is 567. The quantitative estimate of drug-likeness (QED) is 0.164. The Hall–Kier alpha value is -0.970. The normalized spacial score (nSPS) is 10.6. The van der Waals surface area contributed by atoms with Crippen LogP contribution in [0.25, 0.3) is 0 Å². The van der Waals surface area contributed by atoms with Crippen molar-refractivity contribution in [3.05, 3.63) is 27.2 Å². The van der Waals surface area contributed by atoms with E-state index in [2.05, 4.69) is 6.92 Å². The van der Waals surface area contributed by atoms with Crippen LogP contribution in [0.3, 0.4) is 0 Å². The number of halogens is 3. The molecule has 1 rings (SSSR count). The minimum atomic E-state index is -0.563. The largest absolute Gasteiger partial charge is 0.466 e. The van der Waals surface area contributed by atoms with Crippen molar-refractivity contribution in [1.29, 1.82) is 0 Å². The van der Waals surface area contributed by atoms with Crippen LogP contribution in [0.5, 0.6) is 5.75 Å². The van der Waals surface area contributed by atoms with Gasteiger partial charge in [-0.3, -0.25) is 9.59 Å². The van der Waals surface area contributed by atoms with E-state index in [4.69, 9.17) is 44.3 Å². The highest BCUT2D eigenvalue weighted by atomic mass is 35.5. The van der Waals surface area contributed by atoms with Gasteiger partial charge in [0.1, 0.15) is 5.75 Å². The van der Waals surface area contributed by atoms with Crippen LogP contribution in [-0.4, -0.2) is 18.5 Å². The third-order valence-electron chi connectivity index (χ3n) is 3.73. The fourth-order valence-corrected chi connectivity index (χ4v) is 2.87. The van der Waals surface area contributed by atoms with E-state index in [0.717, 1.165) is 19.3 Å². The van der Waals surface area contributed by atoms with Crippen molar-refractivity contribution >= 4 is 46.7 Å². The average Bonchev–Trinajstić information content (AvgIpc) is 2.60. The molecule has 0 heterocycles. The maximum absolute atomic E-state index is 11.8. The van der Waals surface area contributed by atoms with Gasteiger partial charge in [0, 0.05) is 12.1 Å². The van der Waals surface area contributed by atoms with Crippen LogP contribution in [0, 0.1) is 0 Å². The van der Waals surface area contributed by atoms with Crippen LogP contribution >= 0.6 is 34.8 Å². The summed E-state index contributed by atoms with van der Waals surface area (Å²) in [6.45, 7) is 2.58. The zero-order chi connectivity index (χ0) is 19.4. The van der Waals surface area contributed by atoms with Gasteiger partial charge in [-0.15, -0.1) is 0 Å². The maximum atomic E-state index is 11.8. The Morgan fingerprint density at radius 3 is 2.00 bits per heavy atom. The maximum Gasteiger partial charge on any atom is 0.311 e. The van der Waals surface area contributed by atoms with Crippen molar-refractivity contribution in [2.45, 2.75) is 64.7 Å². The molecule has 26 heavy (non-hydrogen) atoms. The highest BCUT2D eigenvalue weighted by molar-refractivity contribution is 6.48. The highest BCUT2D eigenvalue weighted by Crippen LogP contribution is 2.34. The molecule has 1 aromatic rings. The summed E-state index contributed by atoms with van der Waals surface area (Å²) < 4.78 is 10.2. The Morgan fingerprint density at radius 2 is 1.38 bits per heavy atom. The van der Waals surface area contributed by atoms with E-state index in [-0.39, 0.29) is 33.7 Å². The van der Waals surface area contributed by atoms with Gasteiger partial charge in [0.2, 0.25) is 0 Å². The standard InChI is InChI=1S/C19H25Cl3O4/c1-2-3-4-5-6-7-8-11-25-17(23)9-10-18(24)26-14-12-15(20)19(22)16(21)13-14/h12-13H,2-11H2,1H3. The first-order valence-electron chi connectivity index (χ1n) is 8.95. The fourth-order valence-electron chi connectivity index (χ4n) is 2.30. The summed E-state index contributed by atoms with van der Waals surface area (Å²) in [6, 6.07) is 2.79. The topological polar surface area (TPSA) is 52.6 Å². The average molecular weight is 424 g/mol. The second-order valence-corrected chi connectivity index (χ2v) is 7.21. The monoisotopic (exact) mass is 422 g/mol. The Balaban J connectivity index is 2.15. The molecule has 0 amide bonds. The van der Waals surface area contributed by atoms with Crippen molar-refractivity contribution in [2.75, 3.05) is 6.61 Å². The van der Waals surface area contributed by atoms with Gasteiger partial charge in [0.25, 0.3) is 0 Å². The second kappa shape index (κ2) is 13.2. The molecule has 0 unspecified atom stereocenters. The van der Waals surface area contributed by atoms with E-state index in [1.807, 2.05) is 0 Å². The first-order chi connectivity index (χ1) is 12.4. The van der Waals surface area contributed by atoms with Gasteiger partial charge in [-0.25, -0.2) is 0 Å². The van der Waals surface area contributed by atoms with Gasteiger partial charge in [0.15, 0.2) is 0 Å². The molecule has 0 aromatic heterocycles. The summed E-state index contributed by atoms with van der Waals surface area (Å²) in [5.41, 5.74) is 0. The fraction of sp³-hybridized carbons (Fsp3) is 0.579. The molecule has 0 aliphatic heterocycles. The number of rotatable bonds is 12. The van der Waals surface area contributed by atoms with Crippen LogP contribution in [-0.2, 0) is 14.3 Å². The van der Waals surface area contributed by atoms with E-state index in [1.54, 1.807) is 0 Å². The predicted molar refractivity (Wildman–Crippen MR) is 105 cm³/mol. The summed E-state index contributed by atoms with van der Waals surface area (Å²) in [5, 5.41) is 0.578. The van der Waals surface area contributed by atoms with E-state index >= 15 is 0 Å². The number of carbonyl (C=O) groups is 2. The zero-order valence-electron chi connectivity index (χ0n) is 15.0. The number of hydrogen-bond acceptors (Lipinski definition) is 4. The van der Waals surface area contributed by atoms with Crippen LogP contribution in [0.15, 0.2) is 12.1 Å². The van der Waals surface area contributed by atoms with Gasteiger partial charge in [-0.05, 0) is 6.42 Å². The molecule has 146 valence electrons. The molecule has 0 saturated carbocycles. The van der Waals surface area contributed by atoms with Gasteiger partial charge in [-0.2, -0.15) is 0 Å². The number of ether oxygens (including phenoxy) is 2. The van der Waals surface area contributed by atoms with Crippen LogP contribution in [0.1, 0.15) is 64.7 Å².